The summed E-state index contributed by atoms with van der Waals surface area (Å²) in [5.74, 6) is 0.0678. The lowest BCUT2D eigenvalue weighted by molar-refractivity contribution is 0.105. The highest BCUT2D eigenvalue weighted by molar-refractivity contribution is 7.12. The van der Waals surface area contributed by atoms with Crippen molar-refractivity contribution in [3.63, 3.8) is 0 Å². The molecule has 1 aromatic heterocycles. The Hall–Kier alpha value is -1.67. The van der Waals surface area contributed by atoms with Gasteiger partial charge < -0.3 is 0 Å². The first-order chi connectivity index (χ1) is 8.16. The highest BCUT2D eigenvalue weighted by Gasteiger charge is 2.01. The van der Waals surface area contributed by atoms with Crippen LogP contribution < -0.4 is 0 Å². The van der Waals surface area contributed by atoms with E-state index in [2.05, 4.69) is 26.0 Å². The van der Waals surface area contributed by atoms with Gasteiger partial charge in [0.05, 0.1) is 4.88 Å². The molecule has 2 rings (SSSR count). The van der Waals surface area contributed by atoms with E-state index < -0.39 is 0 Å². The van der Waals surface area contributed by atoms with Gasteiger partial charge in [0, 0.05) is 0 Å². The van der Waals surface area contributed by atoms with E-state index in [9.17, 15) is 4.79 Å². The van der Waals surface area contributed by atoms with Crippen molar-refractivity contribution >= 4 is 23.2 Å². The van der Waals surface area contributed by atoms with Gasteiger partial charge in [0.15, 0.2) is 5.78 Å². The standard InChI is InChI=1S/C15H14OS/c1-11-5-6-13(10-12(11)2)7-8-14(16)15-4-3-9-17-15/h3-10H,1-2H3/b8-7-. The number of carbonyl (C=O) groups excluding carboxylic acids is 1. The van der Waals surface area contributed by atoms with E-state index in [1.807, 2.05) is 29.7 Å². The number of ketones is 1. The Morgan fingerprint density at radius 1 is 1.18 bits per heavy atom. The van der Waals surface area contributed by atoms with Gasteiger partial charge in [-0.25, -0.2) is 0 Å². The van der Waals surface area contributed by atoms with Gasteiger partial charge in [-0.05, 0) is 48.1 Å². The largest absolute Gasteiger partial charge is 0.288 e. The van der Waals surface area contributed by atoms with Crippen LogP contribution in [-0.2, 0) is 0 Å². The number of aryl methyl sites for hydroxylation is 2. The monoisotopic (exact) mass is 242 g/mol. The first kappa shape index (κ1) is 11.8. The van der Waals surface area contributed by atoms with Crippen molar-refractivity contribution in [2.45, 2.75) is 13.8 Å². The van der Waals surface area contributed by atoms with Crippen LogP contribution in [-0.4, -0.2) is 5.78 Å². The zero-order chi connectivity index (χ0) is 12.3. The molecule has 0 atom stereocenters. The topological polar surface area (TPSA) is 17.1 Å². The SMILES string of the molecule is Cc1ccc(/C=C\C(=O)c2cccs2)cc1C. The number of benzene rings is 1. The third-order valence-corrected chi connectivity index (χ3v) is 3.61. The molecular weight excluding hydrogens is 228 g/mol. The molecule has 0 fully saturated rings. The molecule has 0 N–H and O–H groups in total. The summed E-state index contributed by atoms with van der Waals surface area (Å²) in [6.07, 6.45) is 3.50. The average molecular weight is 242 g/mol. The molecule has 0 aliphatic carbocycles. The van der Waals surface area contributed by atoms with Gasteiger partial charge >= 0.3 is 0 Å². The molecule has 1 aromatic carbocycles. The molecule has 86 valence electrons. The van der Waals surface area contributed by atoms with Crippen molar-refractivity contribution < 1.29 is 4.79 Å². The molecule has 0 unspecified atom stereocenters. The van der Waals surface area contributed by atoms with E-state index in [1.54, 1.807) is 6.08 Å². The maximum Gasteiger partial charge on any atom is 0.195 e. The fourth-order valence-electron chi connectivity index (χ4n) is 1.54. The summed E-state index contributed by atoms with van der Waals surface area (Å²) in [5.41, 5.74) is 3.58. The molecule has 1 nitrogen and oxygen atoms in total. The second-order valence-electron chi connectivity index (χ2n) is 4.02. The Labute approximate surface area is 105 Å². The minimum Gasteiger partial charge on any atom is -0.288 e. The maximum atomic E-state index is 11.8. The van der Waals surface area contributed by atoms with Crippen LogP contribution in [0.25, 0.3) is 6.08 Å². The lowest BCUT2D eigenvalue weighted by Crippen LogP contribution is -1.89. The van der Waals surface area contributed by atoms with E-state index >= 15 is 0 Å². The fraction of sp³-hybridized carbons (Fsp3) is 0.133. The molecule has 0 aliphatic rings. The zero-order valence-electron chi connectivity index (χ0n) is 9.94. The van der Waals surface area contributed by atoms with Gasteiger partial charge in [-0.15, -0.1) is 11.3 Å². The van der Waals surface area contributed by atoms with Gasteiger partial charge in [0.2, 0.25) is 0 Å². The average Bonchev–Trinajstić information content (AvgIpc) is 2.84. The van der Waals surface area contributed by atoms with E-state index in [4.69, 9.17) is 0 Å². The summed E-state index contributed by atoms with van der Waals surface area (Å²) >= 11 is 1.47. The number of allylic oxidation sites excluding steroid dienone is 1. The molecule has 0 spiro atoms. The van der Waals surface area contributed by atoms with Crippen molar-refractivity contribution in [3.8, 4) is 0 Å². The van der Waals surface area contributed by atoms with E-state index in [1.165, 1.54) is 22.5 Å². The molecule has 0 saturated carbocycles. The second kappa shape index (κ2) is 5.11. The van der Waals surface area contributed by atoms with Crippen molar-refractivity contribution in [1.29, 1.82) is 0 Å². The summed E-state index contributed by atoms with van der Waals surface area (Å²) in [5, 5.41) is 1.91. The van der Waals surface area contributed by atoms with Crippen molar-refractivity contribution in [2.75, 3.05) is 0 Å². The van der Waals surface area contributed by atoms with Crippen molar-refractivity contribution in [2.24, 2.45) is 0 Å². The molecule has 0 amide bonds. The van der Waals surface area contributed by atoms with Crippen molar-refractivity contribution in [3.05, 3.63) is 63.4 Å². The second-order valence-corrected chi connectivity index (χ2v) is 4.97. The van der Waals surface area contributed by atoms with E-state index in [-0.39, 0.29) is 5.78 Å². The molecule has 0 bridgehead atoms. The predicted octanol–water partition coefficient (Wildman–Crippen LogP) is 4.26. The zero-order valence-corrected chi connectivity index (χ0v) is 10.8. The summed E-state index contributed by atoms with van der Waals surface area (Å²) in [7, 11) is 0. The van der Waals surface area contributed by atoms with Gasteiger partial charge in [-0.3, -0.25) is 4.79 Å². The molecule has 1 heterocycles. The summed E-state index contributed by atoms with van der Waals surface area (Å²) in [6.45, 7) is 4.16. The van der Waals surface area contributed by atoms with Crippen LogP contribution in [0.1, 0.15) is 26.4 Å². The quantitative estimate of drug-likeness (QED) is 0.580. The Bertz CT molecular complexity index is 550. The minimum absolute atomic E-state index is 0.0678. The summed E-state index contributed by atoms with van der Waals surface area (Å²) in [4.78, 5) is 12.5. The first-order valence-electron chi connectivity index (χ1n) is 5.50. The predicted molar refractivity (Wildman–Crippen MR) is 73.6 cm³/mol. The van der Waals surface area contributed by atoms with Crippen molar-refractivity contribution in [1.82, 2.24) is 0 Å². The Balaban J connectivity index is 2.15. The van der Waals surface area contributed by atoms with Crippen LogP contribution >= 0.6 is 11.3 Å². The van der Waals surface area contributed by atoms with Crippen LogP contribution in [0.15, 0.2) is 41.8 Å². The molecule has 2 aromatic rings. The normalized spacial score (nSPS) is 10.9. The lowest BCUT2D eigenvalue weighted by Gasteiger charge is -2.00. The smallest absolute Gasteiger partial charge is 0.195 e. The number of hydrogen-bond acceptors (Lipinski definition) is 2. The van der Waals surface area contributed by atoms with Crippen LogP contribution in [0.3, 0.4) is 0 Å². The third kappa shape index (κ3) is 2.92. The lowest BCUT2D eigenvalue weighted by atomic mass is 10.1. The van der Waals surface area contributed by atoms with Gasteiger partial charge in [0.1, 0.15) is 0 Å². The molecule has 2 heteroatoms. The van der Waals surface area contributed by atoms with Crippen LogP contribution in [0, 0.1) is 13.8 Å². The highest BCUT2D eigenvalue weighted by Crippen LogP contribution is 2.13. The fourth-order valence-corrected chi connectivity index (χ4v) is 2.19. The third-order valence-electron chi connectivity index (χ3n) is 2.72. The minimum atomic E-state index is 0.0678. The van der Waals surface area contributed by atoms with E-state index in [0.717, 1.165) is 10.4 Å². The number of thiophene rings is 1. The molecule has 17 heavy (non-hydrogen) atoms. The van der Waals surface area contributed by atoms with Crippen LogP contribution in [0.2, 0.25) is 0 Å². The number of rotatable bonds is 3. The first-order valence-corrected chi connectivity index (χ1v) is 6.38. The summed E-state index contributed by atoms with van der Waals surface area (Å²) in [6, 6.07) is 9.93. The maximum absolute atomic E-state index is 11.8. The van der Waals surface area contributed by atoms with Crippen LogP contribution in [0.4, 0.5) is 0 Å². The van der Waals surface area contributed by atoms with Crippen LogP contribution in [0.5, 0.6) is 0 Å². The highest BCUT2D eigenvalue weighted by atomic mass is 32.1. The van der Waals surface area contributed by atoms with Gasteiger partial charge in [0.25, 0.3) is 0 Å². The summed E-state index contributed by atoms with van der Waals surface area (Å²) < 4.78 is 0. The Morgan fingerprint density at radius 2 is 2.00 bits per heavy atom. The molecule has 0 saturated heterocycles. The Kier molecular flexibility index (Phi) is 3.55. The number of hydrogen-bond donors (Lipinski definition) is 0. The molecule has 0 aliphatic heterocycles. The number of carbonyl (C=O) groups is 1. The Morgan fingerprint density at radius 3 is 2.65 bits per heavy atom. The molecular formula is C15H14OS. The van der Waals surface area contributed by atoms with Gasteiger partial charge in [-0.2, -0.15) is 0 Å². The van der Waals surface area contributed by atoms with Gasteiger partial charge in [-0.1, -0.05) is 30.3 Å². The van der Waals surface area contributed by atoms with E-state index in [0.29, 0.717) is 0 Å². The molecule has 0 radical (unpaired) electrons.